The van der Waals surface area contributed by atoms with Crippen molar-refractivity contribution in [2.24, 2.45) is 0 Å². The molecular weight excluding hydrogens is 332 g/mol. The predicted molar refractivity (Wildman–Crippen MR) is 94.3 cm³/mol. The Balaban J connectivity index is 2.29. The van der Waals surface area contributed by atoms with Gasteiger partial charge in [-0.25, -0.2) is 0 Å². The number of anilines is 2. The smallest absolute Gasteiger partial charge is 0.0597 e. The first-order chi connectivity index (χ1) is 9.38. The summed E-state index contributed by atoms with van der Waals surface area (Å²) in [7, 11) is 4.14. The van der Waals surface area contributed by atoms with E-state index in [1.54, 1.807) is 0 Å². The van der Waals surface area contributed by atoms with E-state index < -0.39 is 0 Å². The van der Waals surface area contributed by atoms with Crippen molar-refractivity contribution in [3.63, 3.8) is 0 Å². The maximum absolute atomic E-state index is 3.64. The van der Waals surface area contributed by atoms with Crippen LogP contribution in [0.25, 0.3) is 0 Å². The fourth-order valence-corrected chi connectivity index (χ4v) is 3.79. The number of hydrogen-bond donors (Lipinski definition) is 1. The maximum Gasteiger partial charge on any atom is 0.0597 e. The highest BCUT2D eigenvalue weighted by Gasteiger charge is 2.13. The van der Waals surface area contributed by atoms with E-state index in [9.17, 15) is 0 Å². The fourth-order valence-electron chi connectivity index (χ4n) is 2.41. The van der Waals surface area contributed by atoms with E-state index in [4.69, 9.17) is 0 Å². The summed E-state index contributed by atoms with van der Waals surface area (Å²) in [5.41, 5.74) is 3.74. The number of benzene rings is 1. The van der Waals surface area contributed by atoms with Gasteiger partial charge in [0.1, 0.15) is 0 Å². The lowest BCUT2D eigenvalue weighted by molar-refractivity contribution is 0.879. The number of rotatable bonds is 4. The van der Waals surface area contributed by atoms with E-state index in [-0.39, 0.29) is 0 Å². The molecule has 0 aliphatic carbocycles. The van der Waals surface area contributed by atoms with Crippen molar-refractivity contribution in [1.29, 1.82) is 0 Å². The largest absolute Gasteiger partial charge is 0.377 e. The number of hydrogen-bond acceptors (Lipinski definition) is 3. The van der Waals surface area contributed by atoms with E-state index in [1.807, 2.05) is 11.3 Å². The highest BCUT2D eigenvalue weighted by Crippen LogP contribution is 2.33. The molecule has 1 atom stereocenters. The molecule has 20 heavy (non-hydrogen) atoms. The molecule has 0 aliphatic rings. The Morgan fingerprint density at radius 1 is 1.20 bits per heavy atom. The van der Waals surface area contributed by atoms with Crippen LogP contribution in [0.5, 0.6) is 0 Å². The Hall–Kier alpha value is -1.00. The number of nitrogens with one attached hydrogen (secondary N) is 1. The van der Waals surface area contributed by atoms with Crippen molar-refractivity contribution >= 4 is 38.6 Å². The Morgan fingerprint density at radius 2 is 1.90 bits per heavy atom. The van der Waals surface area contributed by atoms with Crippen molar-refractivity contribution < 1.29 is 0 Å². The van der Waals surface area contributed by atoms with Gasteiger partial charge in [0.15, 0.2) is 0 Å². The molecule has 1 heterocycles. The Bertz CT molecular complexity index is 605. The summed E-state index contributed by atoms with van der Waals surface area (Å²) < 4.78 is 1.09. The van der Waals surface area contributed by atoms with Crippen LogP contribution < -0.4 is 10.2 Å². The zero-order valence-electron chi connectivity index (χ0n) is 12.6. The number of aryl methyl sites for hydroxylation is 2. The number of thiophene rings is 1. The van der Waals surface area contributed by atoms with E-state index in [0.717, 1.165) is 10.2 Å². The summed E-state index contributed by atoms with van der Waals surface area (Å²) in [6, 6.07) is 8.93. The standard InChI is InChI=1S/C16H21BrN2S/c1-10-8-14(12(3)20-10)11(2)18-15-9-13(17)6-7-16(15)19(4)5/h6-9,11,18H,1-5H3. The molecule has 108 valence electrons. The first-order valence-electron chi connectivity index (χ1n) is 6.69. The lowest BCUT2D eigenvalue weighted by Gasteiger charge is -2.22. The van der Waals surface area contributed by atoms with Crippen LogP contribution >= 0.6 is 27.3 Å². The number of nitrogens with zero attached hydrogens (tertiary/aromatic N) is 1. The first kappa shape index (κ1) is 15.4. The second-order valence-corrected chi connectivity index (χ2v) is 7.67. The third kappa shape index (κ3) is 3.36. The molecule has 2 aromatic rings. The molecule has 1 unspecified atom stereocenters. The average molecular weight is 353 g/mol. The van der Waals surface area contributed by atoms with E-state index in [2.05, 4.69) is 85.3 Å². The summed E-state index contributed by atoms with van der Waals surface area (Å²) in [6.45, 7) is 6.58. The van der Waals surface area contributed by atoms with Gasteiger partial charge >= 0.3 is 0 Å². The molecule has 0 spiro atoms. The lowest BCUT2D eigenvalue weighted by Crippen LogP contribution is -2.14. The van der Waals surface area contributed by atoms with Crippen LogP contribution in [0.1, 0.15) is 28.3 Å². The Morgan fingerprint density at radius 3 is 2.45 bits per heavy atom. The normalized spacial score (nSPS) is 12.3. The molecule has 2 rings (SSSR count). The molecule has 0 bridgehead atoms. The molecule has 1 aromatic heterocycles. The van der Waals surface area contributed by atoms with Gasteiger partial charge in [0.25, 0.3) is 0 Å². The molecule has 1 N–H and O–H groups in total. The molecule has 0 fully saturated rings. The van der Waals surface area contributed by atoms with Crippen LogP contribution in [0, 0.1) is 13.8 Å². The zero-order valence-corrected chi connectivity index (χ0v) is 15.0. The summed E-state index contributed by atoms with van der Waals surface area (Å²) in [6.07, 6.45) is 0. The minimum Gasteiger partial charge on any atom is -0.377 e. The van der Waals surface area contributed by atoms with Gasteiger partial charge in [0.2, 0.25) is 0 Å². The third-order valence-corrected chi connectivity index (χ3v) is 4.83. The van der Waals surface area contributed by atoms with Gasteiger partial charge in [-0.15, -0.1) is 11.3 Å². The summed E-state index contributed by atoms with van der Waals surface area (Å²) in [5.74, 6) is 0. The van der Waals surface area contributed by atoms with Gasteiger partial charge in [0, 0.05) is 34.4 Å². The summed E-state index contributed by atoms with van der Waals surface area (Å²) in [5, 5.41) is 3.64. The fraction of sp³-hybridized carbons (Fsp3) is 0.375. The second kappa shape index (κ2) is 6.19. The van der Waals surface area contributed by atoms with Gasteiger partial charge in [-0.3, -0.25) is 0 Å². The molecule has 0 amide bonds. The van der Waals surface area contributed by atoms with Crippen molar-refractivity contribution in [3.8, 4) is 0 Å². The average Bonchev–Trinajstić information content (AvgIpc) is 2.68. The van der Waals surface area contributed by atoms with E-state index in [1.165, 1.54) is 21.0 Å². The SMILES string of the molecule is Cc1cc(C(C)Nc2cc(Br)ccc2N(C)C)c(C)s1. The number of halogens is 1. The van der Waals surface area contributed by atoms with Crippen LogP contribution in [0.15, 0.2) is 28.7 Å². The quantitative estimate of drug-likeness (QED) is 0.795. The Labute approximate surface area is 133 Å². The molecular formula is C16H21BrN2S. The summed E-state index contributed by atoms with van der Waals surface area (Å²) >= 11 is 5.42. The van der Waals surface area contributed by atoms with Crippen LogP contribution in [-0.4, -0.2) is 14.1 Å². The van der Waals surface area contributed by atoms with Gasteiger partial charge in [-0.2, -0.15) is 0 Å². The van der Waals surface area contributed by atoms with Crippen molar-refractivity contribution in [2.75, 3.05) is 24.3 Å². The van der Waals surface area contributed by atoms with Crippen molar-refractivity contribution in [3.05, 3.63) is 44.1 Å². The van der Waals surface area contributed by atoms with Gasteiger partial charge in [0.05, 0.1) is 11.4 Å². The molecule has 0 saturated carbocycles. The monoisotopic (exact) mass is 352 g/mol. The first-order valence-corrected chi connectivity index (χ1v) is 8.29. The minimum absolute atomic E-state index is 0.299. The van der Waals surface area contributed by atoms with Crippen molar-refractivity contribution in [2.45, 2.75) is 26.8 Å². The maximum atomic E-state index is 3.64. The second-order valence-electron chi connectivity index (χ2n) is 5.29. The molecule has 0 aliphatic heterocycles. The minimum atomic E-state index is 0.299. The van der Waals surface area contributed by atoms with Crippen LogP contribution in [0.3, 0.4) is 0 Å². The topological polar surface area (TPSA) is 15.3 Å². The molecule has 1 aromatic carbocycles. The van der Waals surface area contributed by atoms with Crippen LogP contribution in [0.4, 0.5) is 11.4 Å². The zero-order chi connectivity index (χ0) is 14.9. The highest BCUT2D eigenvalue weighted by molar-refractivity contribution is 9.10. The third-order valence-electron chi connectivity index (χ3n) is 3.36. The van der Waals surface area contributed by atoms with Crippen molar-refractivity contribution in [1.82, 2.24) is 0 Å². The van der Waals surface area contributed by atoms with Gasteiger partial charge in [-0.05, 0) is 50.6 Å². The molecule has 2 nitrogen and oxygen atoms in total. The van der Waals surface area contributed by atoms with Crippen LogP contribution in [0.2, 0.25) is 0 Å². The van der Waals surface area contributed by atoms with Gasteiger partial charge < -0.3 is 10.2 Å². The predicted octanol–water partition coefficient (Wildman–Crippen LogP) is 5.37. The Kier molecular flexibility index (Phi) is 4.76. The lowest BCUT2D eigenvalue weighted by atomic mass is 10.1. The van der Waals surface area contributed by atoms with E-state index >= 15 is 0 Å². The van der Waals surface area contributed by atoms with Gasteiger partial charge in [-0.1, -0.05) is 15.9 Å². The summed E-state index contributed by atoms with van der Waals surface area (Å²) in [4.78, 5) is 4.89. The molecule has 4 heteroatoms. The van der Waals surface area contributed by atoms with E-state index in [0.29, 0.717) is 6.04 Å². The molecule has 0 saturated heterocycles. The highest BCUT2D eigenvalue weighted by atomic mass is 79.9. The van der Waals surface area contributed by atoms with Crippen LogP contribution in [-0.2, 0) is 0 Å². The molecule has 0 radical (unpaired) electrons.